The number of pyridine rings is 1. The van der Waals surface area contributed by atoms with Crippen LogP contribution in [0.5, 0.6) is 0 Å². The molecule has 0 radical (unpaired) electrons. The number of rotatable bonds is 0. The van der Waals surface area contributed by atoms with Gasteiger partial charge in [0.05, 0.1) is 5.39 Å². The number of nitrogens with one attached hydrogen (secondary N) is 3. The van der Waals surface area contributed by atoms with Crippen molar-refractivity contribution in [1.29, 1.82) is 0 Å². The van der Waals surface area contributed by atoms with Crippen LogP contribution in [0, 0.1) is 6.92 Å². The van der Waals surface area contributed by atoms with Gasteiger partial charge in [-0.1, -0.05) is 0 Å². The molecule has 6 heteroatoms. The van der Waals surface area contributed by atoms with Crippen molar-refractivity contribution in [3.63, 3.8) is 0 Å². The van der Waals surface area contributed by atoms with Crippen LogP contribution < -0.4 is 16.8 Å². The Morgan fingerprint density at radius 2 is 1.79 bits per heavy atom. The van der Waals surface area contributed by atoms with E-state index in [2.05, 4.69) is 15.0 Å². The van der Waals surface area contributed by atoms with Gasteiger partial charge in [-0.2, -0.15) is 0 Å². The Morgan fingerprint density at radius 3 is 2.50 bits per heavy atom. The average Bonchev–Trinajstić information content (AvgIpc) is 1.99. The third-order valence-electron chi connectivity index (χ3n) is 1.93. The summed E-state index contributed by atoms with van der Waals surface area (Å²) in [4.78, 5) is 40.1. The van der Waals surface area contributed by atoms with Crippen molar-refractivity contribution < 1.29 is 0 Å². The number of aromatic nitrogens is 3. The number of aromatic amines is 3. The second-order valence-electron chi connectivity index (χ2n) is 2.97. The van der Waals surface area contributed by atoms with Gasteiger partial charge in [0.1, 0.15) is 5.65 Å². The molecule has 14 heavy (non-hydrogen) atoms. The van der Waals surface area contributed by atoms with Crippen LogP contribution in [-0.4, -0.2) is 15.0 Å². The minimum Gasteiger partial charge on any atom is -0.308 e. The quantitative estimate of drug-likeness (QED) is 0.511. The molecule has 0 amide bonds. The molecule has 2 aromatic rings. The molecule has 0 bridgehead atoms. The highest BCUT2D eigenvalue weighted by Crippen LogP contribution is 2.03. The summed E-state index contributed by atoms with van der Waals surface area (Å²) in [6.07, 6.45) is 0. The first-order valence-corrected chi connectivity index (χ1v) is 3.94. The highest BCUT2D eigenvalue weighted by atomic mass is 16.2. The van der Waals surface area contributed by atoms with Gasteiger partial charge in [-0.3, -0.25) is 19.6 Å². The summed E-state index contributed by atoms with van der Waals surface area (Å²) in [5, 5.41) is 0.296. The van der Waals surface area contributed by atoms with Crippen LogP contribution in [-0.2, 0) is 0 Å². The topological polar surface area (TPSA) is 98.6 Å². The number of hydrogen-bond donors (Lipinski definition) is 3. The zero-order valence-electron chi connectivity index (χ0n) is 7.30. The van der Waals surface area contributed by atoms with Gasteiger partial charge in [-0.05, 0) is 12.5 Å². The Hall–Kier alpha value is -2.11. The minimum absolute atomic E-state index is 0.156. The van der Waals surface area contributed by atoms with Gasteiger partial charge >= 0.3 is 5.69 Å². The van der Waals surface area contributed by atoms with E-state index < -0.39 is 11.2 Å². The molecule has 0 aliphatic rings. The molecule has 0 fully saturated rings. The van der Waals surface area contributed by atoms with E-state index >= 15 is 0 Å². The first kappa shape index (κ1) is 8.49. The molecular weight excluding hydrogens is 186 g/mol. The normalized spacial score (nSPS) is 10.6. The highest BCUT2D eigenvalue weighted by molar-refractivity contribution is 5.76. The Morgan fingerprint density at radius 1 is 1.07 bits per heavy atom. The van der Waals surface area contributed by atoms with Crippen LogP contribution in [0.4, 0.5) is 0 Å². The van der Waals surface area contributed by atoms with Crippen LogP contribution in [0.25, 0.3) is 11.0 Å². The third-order valence-corrected chi connectivity index (χ3v) is 1.93. The van der Waals surface area contributed by atoms with E-state index in [1.807, 2.05) is 0 Å². The molecule has 0 spiro atoms. The van der Waals surface area contributed by atoms with Crippen molar-refractivity contribution in [2.45, 2.75) is 6.92 Å². The van der Waals surface area contributed by atoms with E-state index in [9.17, 15) is 14.4 Å². The number of H-pyrrole nitrogens is 3. The fourth-order valence-corrected chi connectivity index (χ4v) is 1.38. The lowest BCUT2D eigenvalue weighted by Crippen LogP contribution is -2.24. The molecule has 0 atom stereocenters. The van der Waals surface area contributed by atoms with E-state index in [0.29, 0.717) is 10.9 Å². The van der Waals surface area contributed by atoms with E-state index in [0.717, 1.165) is 0 Å². The molecule has 2 heterocycles. The fourth-order valence-electron chi connectivity index (χ4n) is 1.38. The summed E-state index contributed by atoms with van der Waals surface area (Å²) >= 11 is 0. The van der Waals surface area contributed by atoms with E-state index in [1.54, 1.807) is 6.92 Å². The van der Waals surface area contributed by atoms with Crippen molar-refractivity contribution in [3.8, 4) is 0 Å². The highest BCUT2D eigenvalue weighted by Gasteiger charge is 2.04. The summed E-state index contributed by atoms with van der Waals surface area (Å²) in [5.41, 5.74) is -0.803. The average molecular weight is 193 g/mol. The molecule has 0 saturated heterocycles. The Kier molecular flexibility index (Phi) is 1.63. The molecule has 3 N–H and O–H groups in total. The van der Waals surface area contributed by atoms with Crippen LogP contribution in [0.2, 0.25) is 0 Å². The molecule has 0 aliphatic heterocycles. The molecule has 0 saturated carbocycles. The first-order valence-electron chi connectivity index (χ1n) is 3.94. The zero-order chi connectivity index (χ0) is 10.3. The van der Waals surface area contributed by atoms with Gasteiger partial charge in [0.25, 0.3) is 5.56 Å². The monoisotopic (exact) mass is 193 g/mol. The van der Waals surface area contributed by atoms with Gasteiger partial charge in [-0.15, -0.1) is 0 Å². The van der Waals surface area contributed by atoms with E-state index in [1.165, 1.54) is 6.07 Å². The lowest BCUT2D eigenvalue weighted by Gasteiger charge is -1.98. The summed E-state index contributed by atoms with van der Waals surface area (Å²) in [7, 11) is 0. The Labute approximate surface area is 76.6 Å². The van der Waals surface area contributed by atoms with Crippen molar-refractivity contribution in [2.24, 2.45) is 0 Å². The maximum Gasteiger partial charge on any atom is 0.327 e. The molecule has 0 unspecified atom stereocenters. The molecular formula is C8H7N3O3. The first-order chi connectivity index (χ1) is 6.58. The van der Waals surface area contributed by atoms with Gasteiger partial charge in [0, 0.05) is 6.07 Å². The standard InChI is InChI=1S/C8H7N3O3/c1-3-2-4(12)9-6-5(3)7(13)11-8(14)10-6/h2H,1H3,(H3,9,10,11,12,13,14). The summed E-state index contributed by atoms with van der Waals surface area (Å²) in [6.45, 7) is 1.63. The fraction of sp³-hybridized carbons (Fsp3) is 0.125. The van der Waals surface area contributed by atoms with Crippen molar-refractivity contribution in [1.82, 2.24) is 15.0 Å². The van der Waals surface area contributed by atoms with Crippen LogP contribution in [0.15, 0.2) is 20.4 Å². The van der Waals surface area contributed by atoms with Crippen molar-refractivity contribution in [3.05, 3.63) is 42.8 Å². The SMILES string of the molecule is Cc1cc(=O)[nH]c2[nH]c(=O)[nH]c(=O)c12. The number of fused-ring (bicyclic) bond motifs is 1. The van der Waals surface area contributed by atoms with Gasteiger partial charge in [0.15, 0.2) is 0 Å². The van der Waals surface area contributed by atoms with Crippen molar-refractivity contribution in [2.75, 3.05) is 0 Å². The lowest BCUT2D eigenvalue weighted by molar-refractivity contribution is 1.05. The predicted octanol–water partition coefficient (Wildman–Crippen LogP) is -0.787. The van der Waals surface area contributed by atoms with E-state index in [4.69, 9.17) is 0 Å². The Balaban J connectivity index is 3.18. The smallest absolute Gasteiger partial charge is 0.308 e. The molecule has 6 nitrogen and oxygen atoms in total. The van der Waals surface area contributed by atoms with Crippen LogP contribution >= 0.6 is 0 Å². The van der Waals surface area contributed by atoms with Crippen LogP contribution in [0.1, 0.15) is 5.56 Å². The lowest BCUT2D eigenvalue weighted by atomic mass is 10.2. The number of aryl methyl sites for hydroxylation is 1. The zero-order valence-corrected chi connectivity index (χ0v) is 7.30. The Bertz CT molecular complexity index is 657. The molecule has 2 rings (SSSR count). The largest absolute Gasteiger partial charge is 0.327 e. The van der Waals surface area contributed by atoms with Crippen LogP contribution in [0.3, 0.4) is 0 Å². The summed E-state index contributed by atoms with van der Waals surface area (Å²) in [5.74, 6) is 0. The number of hydrogen-bond acceptors (Lipinski definition) is 3. The van der Waals surface area contributed by atoms with Gasteiger partial charge in [-0.25, -0.2) is 4.79 Å². The maximum atomic E-state index is 11.3. The summed E-state index contributed by atoms with van der Waals surface area (Å²) in [6, 6.07) is 1.30. The second kappa shape index (κ2) is 2.69. The summed E-state index contributed by atoms with van der Waals surface area (Å²) < 4.78 is 0. The van der Waals surface area contributed by atoms with Gasteiger partial charge < -0.3 is 4.98 Å². The molecule has 72 valence electrons. The minimum atomic E-state index is -0.635. The van der Waals surface area contributed by atoms with Crippen molar-refractivity contribution >= 4 is 11.0 Å². The van der Waals surface area contributed by atoms with Gasteiger partial charge in [0.2, 0.25) is 5.56 Å². The molecule has 2 aromatic heterocycles. The third kappa shape index (κ3) is 1.17. The molecule has 0 aliphatic carbocycles. The predicted molar refractivity (Wildman–Crippen MR) is 50.5 cm³/mol. The maximum absolute atomic E-state index is 11.3. The van der Waals surface area contributed by atoms with E-state index in [-0.39, 0.29) is 11.2 Å². The molecule has 0 aromatic carbocycles. The second-order valence-corrected chi connectivity index (χ2v) is 2.97.